The predicted octanol–water partition coefficient (Wildman–Crippen LogP) is 5.65. The Morgan fingerprint density at radius 3 is 2.16 bits per heavy atom. The van der Waals surface area contributed by atoms with Crippen LogP contribution in [-0.4, -0.2) is 22.0 Å². The highest BCUT2D eigenvalue weighted by Gasteiger charge is 2.16. The van der Waals surface area contributed by atoms with Crippen LogP contribution in [0.2, 0.25) is 0 Å². The van der Waals surface area contributed by atoms with E-state index < -0.39 is 0 Å². The fourth-order valence-electron chi connectivity index (χ4n) is 3.72. The lowest BCUT2D eigenvalue weighted by atomic mass is 9.91. The van der Waals surface area contributed by atoms with Gasteiger partial charge in [-0.05, 0) is 41.5 Å². The van der Waals surface area contributed by atoms with Gasteiger partial charge in [0, 0.05) is 30.4 Å². The number of carbonyl (C=O) groups is 1. The molecule has 1 amide bonds. The van der Waals surface area contributed by atoms with Crippen LogP contribution in [0.3, 0.4) is 0 Å². The molecule has 2 heterocycles. The van der Waals surface area contributed by atoms with Gasteiger partial charge >= 0.3 is 0 Å². The summed E-state index contributed by atoms with van der Waals surface area (Å²) in [6, 6.07) is 30.2. The van der Waals surface area contributed by atoms with Crippen LogP contribution in [0.25, 0.3) is 15.3 Å². The average Bonchev–Trinajstić information content (AvgIpc) is 3.50. The maximum atomic E-state index is 13.0. The van der Waals surface area contributed by atoms with E-state index in [1.807, 2.05) is 83.7 Å². The fraction of sp³-hybridized carbons (Fsp3) is 0.0769. The summed E-state index contributed by atoms with van der Waals surface area (Å²) in [5.41, 5.74) is 3.92. The van der Waals surface area contributed by atoms with Crippen molar-refractivity contribution in [1.29, 1.82) is 0 Å². The maximum Gasteiger partial charge on any atom is 0.251 e. The largest absolute Gasteiger partial charge is 0.351 e. The summed E-state index contributed by atoms with van der Waals surface area (Å²) in [7, 11) is 0. The second-order valence-electron chi connectivity index (χ2n) is 7.35. The Balaban J connectivity index is 1.36. The fourth-order valence-corrected chi connectivity index (χ4v) is 4.69. The van der Waals surface area contributed by atoms with Crippen molar-refractivity contribution >= 4 is 27.5 Å². The zero-order valence-electron chi connectivity index (χ0n) is 16.8. The van der Waals surface area contributed by atoms with Gasteiger partial charge in [-0.3, -0.25) is 4.79 Å². The summed E-state index contributed by atoms with van der Waals surface area (Å²) >= 11 is 1.58. The van der Waals surface area contributed by atoms with E-state index in [9.17, 15) is 4.79 Å². The Morgan fingerprint density at radius 2 is 1.52 bits per heavy atom. The number of nitrogens with one attached hydrogen (secondary N) is 1. The lowest BCUT2D eigenvalue weighted by molar-refractivity contribution is 0.0952. The van der Waals surface area contributed by atoms with E-state index in [-0.39, 0.29) is 11.8 Å². The molecule has 0 atom stereocenters. The molecule has 5 rings (SSSR count). The minimum atomic E-state index is -0.0744. The molecule has 1 N–H and O–H groups in total. The number of hydrogen-bond acceptors (Lipinski definition) is 3. The van der Waals surface area contributed by atoms with Crippen LogP contribution >= 0.6 is 11.3 Å². The Morgan fingerprint density at radius 1 is 0.871 bits per heavy atom. The zero-order valence-corrected chi connectivity index (χ0v) is 17.6. The summed E-state index contributed by atoms with van der Waals surface area (Å²) in [6.07, 6.45) is 3.94. The Labute approximate surface area is 184 Å². The highest BCUT2D eigenvalue weighted by molar-refractivity contribution is 7.20. The molecular weight excluding hydrogens is 402 g/mol. The summed E-state index contributed by atoms with van der Waals surface area (Å²) in [5.74, 6) is 0.0218. The number of aromatic nitrogens is 2. The van der Waals surface area contributed by atoms with Crippen LogP contribution in [0.4, 0.5) is 0 Å². The van der Waals surface area contributed by atoms with E-state index >= 15 is 0 Å². The van der Waals surface area contributed by atoms with Crippen molar-refractivity contribution in [3.05, 3.63) is 120 Å². The normalized spacial score (nSPS) is 11.1. The van der Waals surface area contributed by atoms with E-state index in [0.717, 1.165) is 15.3 Å². The number of amides is 1. The molecule has 5 aromatic rings. The molecule has 0 unspecified atom stereocenters. The molecule has 0 bridgehead atoms. The summed E-state index contributed by atoms with van der Waals surface area (Å²) in [5, 5.41) is 4.03. The third kappa shape index (κ3) is 4.13. The van der Waals surface area contributed by atoms with E-state index in [2.05, 4.69) is 34.6 Å². The molecule has 0 radical (unpaired) electrons. The van der Waals surface area contributed by atoms with Gasteiger partial charge in [0.25, 0.3) is 5.91 Å². The molecule has 0 aliphatic carbocycles. The third-order valence-electron chi connectivity index (χ3n) is 5.34. The first-order chi connectivity index (χ1) is 15.3. The second kappa shape index (κ2) is 8.58. The van der Waals surface area contributed by atoms with Crippen LogP contribution in [-0.2, 0) is 0 Å². The average molecular weight is 424 g/mol. The van der Waals surface area contributed by atoms with Gasteiger partial charge in [0.05, 0.1) is 10.2 Å². The van der Waals surface area contributed by atoms with Crippen molar-refractivity contribution in [3.8, 4) is 5.13 Å². The van der Waals surface area contributed by atoms with Crippen molar-refractivity contribution < 1.29 is 4.79 Å². The molecular formula is C26H21N3OS. The SMILES string of the molecule is O=C(NCC(c1ccccc1)c1ccccc1)c1ccc2nc(-n3cccc3)sc2c1. The van der Waals surface area contributed by atoms with Gasteiger partial charge in [-0.1, -0.05) is 72.0 Å². The van der Waals surface area contributed by atoms with Gasteiger partial charge in [-0.25, -0.2) is 4.98 Å². The Bertz CT molecular complexity index is 1260. The first kappa shape index (κ1) is 19.3. The van der Waals surface area contributed by atoms with E-state index in [1.54, 1.807) is 11.3 Å². The second-order valence-corrected chi connectivity index (χ2v) is 8.36. The van der Waals surface area contributed by atoms with Gasteiger partial charge in [0.15, 0.2) is 5.13 Å². The van der Waals surface area contributed by atoms with Crippen LogP contribution < -0.4 is 5.32 Å². The number of thiazole rings is 1. The third-order valence-corrected chi connectivity index (χ3v) is 6.37. The molecule has 0 aliphatic heterocycles. The standard InChI is InChI=1S/C26H21N3OS/c30-25(21-13-14-23-24(17-21)31-26(28-23)29-15-7-8-16-29)27-18-22(19-9-3-1-4-10-19)20-11-5-2-6-12-20/h1-17,22H,18H2,(H,27,30). The van der Waals surface area contributed by atoms with Crippen LogP contribution in [0.15, 0.2) is 103 Å². The summed E-state index contributed by atoms with van der Waals surface area (Å²) < 4.78 is 2.98. The quantitative estimate of drug-likeness (QED) is 0.384. The monoisotopic (exact) mass is 423 g/mol. The number of fused-ring (bicyclic) bond motifs is 1. The van der Waals surface area contributed by atoms with Gasteiger partial charge in [0.1, 0.15) is 0 Å². The van der Waals surface area contributed by atoms with Crippen molar-refractivity contribution in [2.24, 2.45) is 0 Å². The molecule has 152 valence electrons. The minimum absolute atomic E-state index is 0.0744. The van der Waals surface area contributed by atoms with E-state index in [0.29, 0.717) is 12.1 Å². The van der Waals surface area contributed by atoms with Crippen LogP contribution in [0.5, 0.6) is 0 Å². The highest BCUT2D eigenvalue weighted by atomic mass is 32.1. The topological polar surface area (TPSA) is 46.9 Å². The van der Waals surface area contributed by atoms with Crippen LogP contribution in [0, 0.1) is 0 Å². The first-order valence-electron chi connectivity index (χ1n) is 10.2. The summed E-state index contributed by atoms with van der Waals surface area (Å²) in [6.45, 7) is 0.530. The molecule has 0 spiro atoms. The van der Waals surface area contributed by atoms with E-state index in [1.165, 1.54) is 11.1 Å². The number of hydrogen-bond donors (Lipinski definition) is 1. The molecule has 4 nitrogen and oxygen atoms in total. The highest BCUT2D eigenvalue weighted by Crippen LogP contribution is 2.27. The molecule has 31 heavy (non-hydrogen) atoms. The first-order valence-corrected chi connectivity index (χ1v) is 11.0. The Hall–Kier alpha value is -3.70. The predicted molar refractivity (Wildman–Crippen MR) is 126 cm³/mol. The van der Waals surface area contributed by atoms with Gasteiger partial charge < -0.3 is 9.88 Å². The van der Waals surface area contributed by atoms with Crippen LogP contribution in [0.1, 0.15) is 27.4 Å². The number of rotatable bonds is 6. The maximum absolute atomic E-state index is 13.0. The molecule has 0 saturated heterocycles. The van der Waals surface area contributed by atoms with Crippen molar-refractivity contribution in [3.63, 3.8) is 0 Å². The smallest absolute Gasteiger partial charge is 0.251 e. The molecule has 2 aromatic heterocycles. The number of nitrogens with zero attached hydrogens (tertiary/aromatic N) is 2. The lowest BCUT2D eigenvalue weighted by Crippen LogP contribution is -2.28. The lowest BCUT2D eigenvalue weighted by Gasteiger charge is -2.19. The van der Waals surface area contributed by atoms with Gasteiger partial charge in [-0.2, -0.15) is 0 Å². The zero-order chi connectivity index (χ0) is 21.0. The van der Waals surface area contributed by atoms with Crippen molar-refractivity contribution in [2.75, 3.05) is 6.54 Å². The Kier molecular flexibility index (Phi) is 5.33. The number of carbonyl (C=O) groups excluding carboxylic acids is 1. The molecule has 5 heteroatoms. The number of benzene rings is 3. The molecule has 3 aromatic carbocycles. The van der Waals surface area contributed by atoms with Gasteiger partial charge in [0.2, 0.25) is 0 Å². The van der Waals surface area contributed by atoms with Crippen molar-refractivity contribution in [2.45, 2.75) is 5.92 Å². The van der Waals surface area contributed by atoms with Crippen molar-refractivity contribution in [1.82, 2.24) is 14.9 Å². The molecule has 0 aliphatic rings. The van der Waals surface area contributed by atoms with E-state index in [4.69, 9.17) is 0 Å². The molecule has 0 fully saturated rings. The minimum Gasteiger partial charge on any atom is -0.351 e. The summed E-state index contributed by atoms with van der Waals surface area (Å²) in [4.78, 5) is 17.6. The molecule has 0 saturated carbocycles. The van der Waals surface area contributed by atoms with Gasteiger partial charge in [-0.15, -0.1) is 0 Å².